The number of hydrogen-bond donors (Lipinski definition) is 2. The summed E-state index contributed by atoms with van der Waals surface area (Å²) in [6.07, 6.45) is 2.08. The lowest BCUT2D eigenvalue weighted by atomic mass is 10.1. The molecule has 2 rings (SSSR count). The van der Waals surface area contributed by atoms with Gasteiger partial charge in [0.15, 0.2) is 0 Å². The van der Waals surface area contributed by atoms with E-state index in [1.165, 1.54) is 10.4 Å². The van der Waals surface area contributed by atoms with E-state index in [1.807, 2.05) is 0 Å². The summed E-state index contributed by atoms with van der Waals surface area (Å²) in [6.45, 7) is 1.90. The standard InChI is InChI=1S/C9H11N3S/c10-4-7-6-2-1-3-12-5-8(6)13-9(7)11/h12H,1-3,5,11H2. The average molecular weight is 193 g/mol. The number of rotatable bonds is 0. The summed E-state index contributed by atoms with van der Waals surface area (Å²) in [7, 11) is 0. The topological polar surface area (TPSA) is 61.8 Å². The van der Waals surface area contributed by atoms with E-state index in [0.29, 0.717) is 10.6 Å². The van der Waals surface area contributed by atoms with Crippen LogP contribution in [0.3, 0.4) is 0 Å². The number of nitrogens with two attached hydrogens (primary N) is 1. The molecule has 0 aromatic carbocycles. The molecule has 0 amide bonds. The third kappa shape index (κ3) is 1.41. The van der Waals surface area contributed by atoms with Gasteiger partial charge in [-0.15, -0.1) is 11.3 Å². The van der Waals surface area contributed by atoms with Crippen molar-refractivity contribution in [3.8, 4) is 6.07 Å². The lowest BCUT2D eigenvalue weighted by Gasteiger charge is -1.95. The van der Waals surface area contributed by atoms with Crippen LogP contribution in [0, 0.1) is 11.3 Å². The van der Waals surface area contributed by atoms with E-state index in [9.17, 15) is 0 Å². The summed E-state index contributed by atoms with van der Waals surface area (Å²) >= 11 is 1.55. The molecule has 0 aliphatic carbocycles. The predicted octanol–water partition coefficient (Wildman–Crippen LogP) is 1.24. The van der Waals surface area contributed by atoms with E-state index in [4.69, 9.17) is 11.0 Å². The molecular weight excluding hydrogens is 182 g/mol. The third-order valence-electron chi connectivity index (χ3n) is 2.30. The highest BCUT2D eigenvalue weighted by molar-refractivity contribution is 7.16. The molecule has 0 saturated carbocycles. The highest BCUT2D eigenvalue weighted by Crippen LogP contribution is 2.32. The van der Waals surface area contributed by atoms with E-state index >= 15 is 0 Å². The fourth-order valence-corrected chi connectivity index (χ4v) is 2.69. The maximum atomic E-state index is 8.91. The van der Waals surface area contributed by atoms with Crippen molar-refractivity contribution in [1.29, 1.82) is 5.26 Å². The van der Waals surface area contributed by atoms with Gasteiger partial charge in [0.05, 0.1) is 5.56 Å². The Bertz CT molecular complexity index is 362. The Hall–Kier alpha value is -1.05. The van der Waals surface area contributed by atoms with E-state index in [-0.39, 0.29) is 0 Å². The summed E-state index contributed by atoms with van der Waals surface area (Å²) < 4.78 is 0. The van der Waals surface area contributed by atoms with Gasteiger partial charge in [0.1, 0.15) is 11.1 Å². The van der Waals surface area contributed by atoms with E-state index in [1.54, 1.807) is 11.3 Å². The Morgan fingerprint density at radius 3 is 3.15 bits per heavy atom. The summed E-state index contributed by atoms with van der Waals surface area (Å²) in [5.41, 5.74) is 7.64. The van der Waals surface area contributed by atoms with Gasteiger partial charge in [0, 0.05) is 11.4 Å². The molecule has 0 radical (unpaired) electrons. The number of hydrogen-bond acceptors (Lipinski definition) is 4. The Morgan fingerprint density at radius 2 is 2.38 bits per heavy atom. The van der Waals surface area contributed by atoms with Crippen LogP contribution in [0.1, 0.15) is 22.4 Å². The van der Waals surface area contributed by atoms with E-state index in [2.05, 4.69) is 11.4 Å². The number of nitrogens with one attached hydrogen (secondary N) is 1. The zero-order chi connectivity index (χ0) is 9.26. The predicted molar refractivity (Wildman–Crippen MR) is 53.5 cm³/mol. The summed E-state index contributed by atoms with van der Waals surface area (Å²) in [4.78, 5) is 1.24. The second-order valence-electron chi connectivity index (χ2n) is 3.14. The number of fused-ring (bicyclic) bond motifs is 1. The molecule has 0 unspecified atom stereocenters. The van der Waals surface area contributed by atoms with Crippen molar-refractivity contribution in [2.24, 2.45) is 0 Å². The first-order chi connectivity index (χ1) is 6.33. The molecule has 1 aliphatic heterocycles. The monoisotopic (exact) mass is 193 g/mol. The smallest absolute Gasteiger partial charge is 0.104 e. The van der Waals surface area contributed by atoms with E-state index < -0.39 is 0 Å². The van der Waals surface area contributed by atoms with Crippen LogP contribution >= 0.6 is 11.3 Å². The molecule has 0 fully saturated rings. The lowest BCUT2D eigenvalue weighted by molar-refractivity contribution is 0.683. The Morgan fingerprint density at radius 1 is 1.54 bits per heavy atom. The molecule has 0 bridgehead atoms. The molecule has 68 valence electrons. The molecule has 1 aromatic heterocycles. The minimum Gasteiger partial charge on any atom is -0.389 e. The zero-order valence-corrected chi connectivity index (χ0v) is 8.08. The first kappa shape index (κ1) is 8.54. The summed E-state index contributed by atoms with van der Waals surface area (Å²) in [5.74, 6) is 0. The zero-order valence-electron chi connectivity index (χ0n) is 7.26. The van der Waals surface area contributed by atoms with Crippen molar-refractivity contribution < 1.29 is 0 Å². The van der Waals surface area contributed by atoms with Gasteiger partial charge in [-0.1, -0.05) is 0 Å². The third-order valence-corrected chi connectivity index (χ3v) is 3.36. The molecule has 3 nitrogen and oxygen atoms in total. The number of anilines is 1. The Labute approximate surface area is 81.2 Å². The van der Waals surface area contributed by atoms with Gasteiger partial charge < -0.3 is 11.1 Å². The summed E-state index contributed by atoms with van der Waals surface area (Å²) in [6, 6.07) is 2.19. The maximum Gasteiger partial charge on any atom is 0.104 e. The first-order valence-electron chi connectivity index (χ1n) is 4.33. The van der Waals surface area contributed by atoms with Crippen molar-refractivity contribution >= 4 is 16.3 Å². The normalized spacial score (nSPS) is 15.9. The van der Waals surface area contributed by atoms with Crippen LogP contribution < -0.4 is 11.1 Å². The SMILES string of the molecule is N#Cc1c(N)sc2c1CCCNC2. The van der Waals surface area contributed by atoms with Crippen LogP contribution in [0.4, 0.5) is 5.00 Å². The fourth-order valence-electron chi connectivity index (χ4n) is 1.66. The van der Waals surface area contributed by atoms with Crippen molar-refractivity contribution in [3.05, 3.63) is 16.0 Å². The van der Waals surface area contributed by atoms with E-state index in [0.717, 1.165) is 25.9 Å². The Kier molecular flexibility index (Phi) is 2.21. The molecule has 0 spiro atoms. The quantitative estimate of drug-likeness (QED) is 0.651. The minimum atomic E-state index is 0.677. The molecule has 1 aliphatic rings. The van der Waals surface area contributed by atoms with Crippen molar-refractivity contribution in [3.63, 3.8) is 0 Å². The molecule has 1 aromatic rings. The second kappa shape index (κ2) is 3.36. The van der Waals surface area contributed by atoms with Gasteiger partial charge in [-0.3, -0.25) is 0 Å². The molecular formula is C9H11N3S. The van der Waals surface area contributed by atoms with Gasteiger partial charge in [-0.2, -0.15) is 5.26 Å². The number of thiophene rings is 1. The molecule has 2 heterocycles. The second-order valence-corrected chi connectivity index (χ2v) is 4.27. The molecule has 0 atom stereocenters. The van der Waals surface area contributed by atoms with Crippen molar-refractivity contribution in [2.45, 2.75) is 19.4 Å². The largest absolute Gasteiger partial charge is 0.389 e. The molecule has 4 heteroatoms. The highest BCUT2D eigenvalue weighted by atomic mass is 32.1. The van der Waals surface area contributed by atoms with Crippen LogP contribution in [0.2, 0.25) is 0 Å². The van der Waals surface area contributed by atoms with Gasteiger partial charge >= 0.3 is 0 Å². The average Bonchev–Trinajstić information content (AvgIpc) is 2.32. The van der Waals surface area contributed by atoms with Crippen LogP contribution in [-0.2, 0) is 13.0 Å². The number of nitrogens with zero attached hydrogens (tertiary/aromatic N) is 1. The minimum absolute atomic E-state index is 0.677. The first-order valence-corrected chi connectivity index (χ1v) is 5.15. The van der Waals surface area contributed by atoms with Gasteiger partial charge in [0.2, 0.25) is 0 Å². The maximum absolute atomic E-state index is 8.91. The molecule has 0 saturated heterocycles. The highest BCUT2D eigenvalue weighted by Gasteiger charge is 2.17. The molecule has 13 heavy (non-hydrogen) atoms. The van der Waals surface area contributed by atoms with Crippen LogP contribution in [0.15, 0.2) is 0 Å². The fraction of sp³-hybridized carbons (Fsp3) is 0.444. The van der Waals surface area contributed by atoms with Crippen molar-refractivity contribution in [1.82, 2.24) is 5.32 Å². The molecule has 3 N–H and O–H groups in total. The van der Waals surface area contributed by atoms with Gasteiger partial charge in [-0.25, -0.2) is 0 Å². The van der Waals surface area contributed by atoms with Crippen LogP contribution in [-0.4, -0.2) is 6.54 Å². The van der Waals surface area contributed by atoms with Crippen molar-refractivity contribution in [2.75, 3.05) is 12.3 Å². The van der Waals surface area contributed by atoms with Gasteiger partial charge in [-0.05, 0) is 24.9 Å². The summed E-state index contributed by atoms with van der Waals surface area (Å²) in [5, 5.41) is 12.9. The van der Waals surface area contributed by atoms with Crippen LogP contribution in [0.25, 0.3) is 0 Å². The number of nitriles is 1. The number of nitrogen functional groups attached to an aromatic ring is 1. The van der Waals surface area contributed by atoms with Gasteiger partial charge in [0.25, 0.3) is 0 Å². The van der Waals surface area contributed by atoms with Crippen LogP contribution in [0.5, 0.6) is 0 Å². The Balaban J connectivity index is 2.48. The lowest BCUT2D eigenvalue weighted by Crippen LogP contribution is -2.11.